The number of carbonyl (C=O) groups excluding carboxylic acids is 1. The first kappa shape index (κ1) is 17.9. The lowest BCUT2D eigenvalue weighted by molar-refractivity contribution is -0.131. The lowest BCUT2D eigenvalue weighted by Crippen LogP contribution is -2.43. The van der Waals surface area contributed by atoms with Crippen molar-refractivity contribution in [2.24, 2.45) is 5.73 Å². The molecular formula is C15H28N4O2. The van der Waals surface area contributed by atoms with E-state index in [4.69, 9.17) is 15.7 Å². The van der Waals surface area contributed by atoms with Crippen LogP contribution < -0.4 is 5.73 Å². The molecule has 1 saturated heterocycles. The summed E-state index contributed by atoms with van der Waals surface area (Å²) in [5, 5.41) is 8.73. The van der Waals surface area contributed by atoms with Gasteiger partial charge in [0.05, 0.1) is 25.7 Å². The highest BCUT2D eigenvalue weighted by Crippen LogP contribution is 2.05. The zero-order chi connectivity index (χ0) is 15.5. The zero-order valence-corrected chi connectivity index (χ0v) is 13.1. The van der Waals surface area contributed by atoms with Crippen LogP contribution in [0.3, 0.4) is 0 Å². The van der Waals surface area contributed by atoms with Crippen LogP contribution in [0.15, 0.2) is 0 Å². The molecule has 0 spiro atoms. The highest BCUT2D eigenvalue weighted by molar-refractivity contribution is 5.76. The van der Waals surface area contributed by atoms with Gasteiger partial charge in [-0.2, -0.15) is 5.26 Å². The van der Waals surface area contributed by atoms with E-state index in [9.17, 15) is 4.79 Å². The molecule has 21 heavy (non-hydrogen) atoms. The molecule has 1 heterocycles. The highest BCUT2D eigenvalue weighted by Gasteiger charge is 2.16. The lowest BCUT2D eigenvalue weighted by atomic mass is 10.1. The van der Waals surface area contributed by atoms with E-state index in [1.807, 2.05) is 11.8 Å². The second-order valence-electron chi connectivity index (χ2n) is 5.61. The van der Waals surface area contributed by atoms with Gasteiger partial charge >= 0.3 is 0 Å². The second kappa shape index (κ2) is 10.6. The van der Waals surface area contributed by atoms with E-state index in [1.165, 1.54) is 0 Å². The van der Waals surface area contributed by atoms with Crippen LogP contribution in [0.25, 0.3) is 0 Å². The number of hydrogen-bond acceptors (Lipinski definition) is 5. The molecular weight excluding hydrogens is 268 g/mol. The van der Waals surface area contributed by atoms with Crippen LogP contribution in [0.1, 0.15) is 32.6 Å². The standard InChI is InChI=1S/C15H28N4O2/c1-14(17)4-2-5-15(20)19(7-3-6-16)9-8-18-10-12-21-13-11-18/h14H,2-5,7-13,17H2,1H3. The Morgan fingerprint density at radius 3 is 2.76 bits per heavy atom. The van der Waals surface area contributed by atoms with Gasteiger partial charge < -0.3 is 15.4 Å². The fraction of sp³-hybridized carbons (Fsp3) is 0.867. The molecule has 6 heteroatoms. The van der Waals surface area contributed by atoms with Crippen molar-refractivity contribution >= 4 is 5.91 Å². The average molecular weight is 296 g/mol. The first-order chi connectivity index (χ1) is 10.1. The third-order valence-corrected chi connectivity index (χ3v) is 3.69. The fourth-order valence-corrected chi connectivity index (χ4v) is 2.37. The first-order valence-corrected chi connectivity index (χ1v) is 7.84. The number of nitriles is 1. The normalized spacial score (nSPS) is 17.2. The van der Waals surface area contributed by atoms with Crippen LogP contribution in [0.5, 0.6) is 0 Å². The van der Waals surface area contributed by atoms with Crippen molar-refractivity contribution in [2.45, 2.75) is 38.6 Å². The van der Waals surface area contributed by atoms with Gasteiger partial charge in [0.25, 0.3) is 0 Å². The number of amides is 1. The van der Waals surface area contributed by atoms with Crippen LogP contribution in [0.4, 0.5) is 0 Å². The minimum absolute atomic E-state index is 0.138. The van der Waals surface area contributed by atoms with Gasteiger partial charge in [-0.15, -0.1) is 0 Å². The Morgan fingerprint density at radius 1 is 1.43 bits per heavy atom. The van der Waals surface area contributed by atoms with Crippen LogP contribution in [-0.2, 0) is 9.53 Å². The van der Waals surface area contributed by atoms with Crippen LogP contribution >= 0.6 is 0 Å². The average Bonchev–Trinajstić information content (AvgIpc) is 2.48. The number of nitrogens with zero attached hydrogens (tertiary/aromatic N) is 3. The Morgan fingerprint density at radius 2 is 2.14 bits per heavy atom. The quantitative estimate of drug-likeness (QED) is 0.673. The Labute approximate surface area is 127 Å². The molecule has 0 aliphatic carbocycles. The summed E-state index contributed by atoms with van der Waals surface area (Å²) in [6, 6.07) is 2.26. The Balaban J connectivity index is 2.34. The van der Waals surface area contributed by atoms with Gasteiger partial charge in [-0.25, -0.2) is 0 Å². The lowest BCUT2D eigenvalue weighted by Gasteiger charge is -2.30. The maximum atomic E-state index is 12.2. The molecule has 1 rings (SSSR count). The Bertz CT molecular complexity index is 335. The van der Waals surface area contributed by atoms with E-state index < -0.39 is 0 Å². The van der Waals surface area contributed by atoms with Gasteiger partial charge in [-0.1, -0.05) is 0 Å². The maximum Gasteiger partial charge on any atom is 0.222 e. The summed E-state index contributed by atoms with van der Waals surface area (Å²) in [5.41, 5.74) is 5.70. The summed E-state index contributed by atoms with van der Waals surface area (Å²) in [7, 11) is 0. The van der Waals surface area contributed by atoms with Crippen molar-refractivity contribution in [2.75, 3.05) is 45.9 Å². The summed E-state index contributed by atoms with van der Waals surface area (Å²) in [5.74, 6) is 0.138. The number of carbonyl (C=O) groups is 1. The van der Waals surface area contributed by atoms with Crippen molar-refractivity contribution in [1.29, 1.82) is 5.26 Å². The summed E-state index contributed by atoms with van der Waals surface area (Å²) >= 11 is 0. The summed E-state index contributed by atoms with van der Waals surface area (Å²) in [4.78, 5) is 16.4. The van der Waals surface area contributed by atoms with E-state index in [0.717, 1.165) is 45.7 Å². The van der Waals surface area contributed by atoms with Crippen LogP contribution in [0.2, 0.25) is 0 Å². The third-order valence-electron chi connectivity index (χ3n) is 3.69. The van der Waals surface area contributed by atoms with E-state index in [0.29, 0.717) is 25.9 Å². The Hall–Kier alpha value is -1.16. The van der Waals surface area contributed by atoms with Crippen molar-refractivity contribution < 1.29 is 9.53 Å². The molecule has 1 aliphatic rings. The van der Waals surface area contributed by atoms with Crippen molar-refractivity contribution in [3.05, 3.63) is 0 Å². The van der Waals surface area contributed by atoms with Crippen molar-refractivity contribution in [3.8, 4) is 6.07 Å². The van der Waals surface area contributed by atoms with Crippen LogP contribution in [0, 0.1) is 11.3 Å². The van der Waals surface area contributed by atoms with Gasteiger partial charge in [0.15, 0.2) is 0 Å². The molecule has 0 saturated carbocycles. The van der Waals surface area contributed by atoms with Crippen LogP contribution in [-0.4, -0.2) is 67.7 Å². The van der Waals surface area contributed by atoms with Crippen molar-refractivity contribution in [1.82, 2.24) is 9.80 Å². The number of hydrogen-bond donors (Lipinski definition) is 1. The Kier molecular flexibility index (Phi) is 8.99. The zero-order valence-electron chi connectivity index (χ0n) is 13.1. The number of nitrogens with two attached hydrogens (primary N) is 1. The summed E-state index contributed by atoms with van der Waals surface area (Å²) < 4.78 is 5.32. The predicted octanol–water partition coefficient (Wildman–Crippen LogP) is 0.578. The highest BCUT2D eigenvalue weighted by atomic mass is 16.5. The van der Waals surface area contributed by atoms with Gasteiger partial charge in [0, 0.05) is 45.2 Å². The van der Waals surface area contributed by atoms with Gasteiger partial charge in [-0.3, -0.25) is 9.69 Å². The largest absolute Gasteiger partial charge is 0.379 e. The van der Waals surface area contributed by atoms with Gasteiger partial charge in [0.1, 0.15) is 0 Å². The molecule has 1 fully saturated rings. The number of ether oxygens (including phenoxy) is 1. The molecule has 0 aromatic carbocycles. The molecule has 0 aromatic rings. The molecule has 0 bridgehead atoms. The number of morpholine rings is 1. The first-order valence-electron chi connectivity index (χ1n) is 7.84. The summed E-state index contributed by atoms with van der Waals surface area (Å²) in [6.45, 7) is 7.40. The topological polar surface area (TPSA) is 82.6 Å². The molecule has 1 unspecified atom stereocenters. The predicted molar refractivity (Wildman–Crippen MR) is 81.6 cm³/mol. The molecule has 0 radical (unpaired) electrons. The maximum absolute atomic E-state index is 12.2. The SMILES string of the molecule is CC(N)CCCC(=O)N(CCC#N)CCN1CCOCC1. The molecule has 120 valence electrons. The molecule has 6 nitrogen and oxygen atoms in total. The monoisotopic (exact) mass is 296 g/mol. The molecule has 2 N–H and O–H groups in total. The van der Waals surface area contributed by atoms with E-state index in [1.54, 1.807) is 0 Å². The smallest absolute Gasteiger partial charge is 0.222 e. The minimum atomic E-state index is 0.138. The van der Waals surface area contributed by atoms with Crippen molar-refractivity contribution in [3.63, 3.8) is 0 Å². The molecule has 1 atom stereocenters. The third kappa shape index (κ3) is 8.00. The fourth-order valence-electron chi connectivity index (χ4n) is 2.37. The molecule has 1 amide bonds. The van der Waals surface area contributed by atoms with E-state index >= 15 is 0 Å². The number of rotatable bonds is 9. The molecule has 0 aromatic heterocycles. The molecule has 1 aliphatic heterocycles. The van der Waals surface area contributed by atoms with Gasteiger partial charge in [-0.05, 0) is 19.8 Å². The van der Waals surface area contributed by atoms with E-state index in [2.05, 4.69) is 11.0 Å². The second-order valence-corrected chi connectivity index (χ2v) is 5.61. The van der Waals surface area contributed by atoms with Gasteiger partial charge in [0.2, 0.25) is 5.91 Å². The van der Waals surface area contributed by atoms with E-state index in [-0.39, 0.29) is 11.9 Å². The summed E-state index contributed by atoms with van der Waals surface area (Å²) in [6.07, 6.45) is 2.59. The minimum Gasteiger partial charge on any atom is -0.379 e.